The van der Waals surface area contributed by atoms with E-state index >= 15 is 0 Å². The molecule has 68 valence electrons. The Hall–Kier alpha value is -0.760. The molecule has 0 bridgehead atoms. The highest BCUT2D eigenvalue weighted by Gasteiger charge is 2.08. The third kappa shape index (κ3) is 1.29. The van der Waals surface area contributed by atoms with Gasteiger partial charge in [-0.3, -0.25) is 0 Å². The Kier molecular flexibility index (Phi) is 1.95. The van der Waals surface area contributed by atoms with Gasteiger partial charge in [0.1, 0.15) is 11.3 Å². The fourth-order valence-corrected chi connectivity index (χ4v) is 1.92. The number of furan rings is 1. The zero-order valence-corrected chi connectivity index (χ0v) is 9.53. The molecule has 0 spiro atoms. The molecule has 2 rings (SSSR count). The summed E-state index contributed by atoms with van der Waals surface area (Å²) in [5, 5.41) is 1.19. The van der Waals surface area contributed by atoms with Crippen molar-refractivity contribution in [2.24, 2.45) is 0 Å². The molecule has 0 radical (unpaired) electrons. The highest BCUT2D eigenvalue weighted by molar-refractivity contribution is 9.10. The predicted octanol–water partition coefficient (Wildman–Crippen LogP) is 4.12. The normalized spacial score (nSPS) is 11.1. The summed E-state index contributed by atoms with van der Waals surface area (Å²) in [5.41, 5.74) is 3.43. The molecule has 0 fully saturated rings. The van der Waals surface area contributed by atoms with Gasteiger partial charge < -0.3 is 4.42 Å². The number of rotatable bonds is 0. The minimum atomic E-state index is 0.968. The summed E-state index contributed by atoms with van der Waals surface area (Å²) in [5.74, 6) is 0.968. The van der Waals surface area contributed by atoms with Gasteiger partial charge in [0.05, 0.1) is 0 Å². The van der Waals surface area contributed by atoms with Crippen molar-refractivity contribution in [3.8, 4) is 0 Å². The quantitative estimate of drug-likeness (QED) is 0.673. The van der Waals surface area contributed by atoms with E-state index in [4.69, 9.17) is 4.42 Å². The molecule has 13 heavy (non-hydrogen) atoms. The van der Waals surface area contributed by atoms with Crippen molar-refractivity contribution in [3.05, 3.63) is 33.5 Å². The highest BCUT2D eigenvalue weighted by atomic mass is 79.9. The van der Waals surface area contributed by atoms with Gasteiger partial charge >= 0.3 is 0 Å². The SMILES string of the molecule is Cc1cc2cc(C)c(Br)c(C)c2o1. The topological polar surface area (TPSA) is 13.1 Å². The van der Waals surface area contributed by atoms with Crippen LogP contribution in [0.5, 0.6) is 0 Å². The molecular formula is C11H11BrO. The maximum atomic E-state index is 5.60. The van der Waals surface area contributed by atoms with E-state index in [0.717, 1.165) is 15.8 Å². The first-order chi connectivity index (χ1) is 6.09. The summed E-state index contributed by atoms with van der Waals surface area (Å²) >= 11 is 3.55. The molecule has 1 nitrogen and oxygen atoms in total. The maximum Gasteiger partial charge on any atom is 0.138 e. The van der Waals surface area contributed by atoms with Crippen LogP contribution in [0.2, 0.25) is 0 Å². The molecule has 0 saturated heterocycles. The second-order valence-electron chi connectivity index (χ2n) is 3.41. The lowest BCUT2D eigenvalue weighted by molar-refractivity contribution is 0.576. The zero-order valence-electron chi connectivity index (χ0n) is 7.94. The van der Waals surface area contributed by atoms with Gasteiger partial charge in [0.2, 0.25) is 0 Å². The molecule has 0 atom stereocenters. The molecule has 0 N–H and O–H groups in total. The smallest absolute Gasteiger partial charge is 0.138 e. The van der Waals surface area contributed by atoms with E-state index in [1.165, 1.54) is 16.5 Å². The Balaban J connectivity index is 2.92. The van der Waals surface area contributed by atoms with Crippen molar-refractivity contribution in [3.63, 3.8) is 0 Å². The lowest BCUT2D eigenvalue weighted by atomic mass is 10.1. The van der Waals surface area contributed by atoms with Gasteiger partial charge in [-0.05, 0) is 38.5 Å². The van der Waals surface area contributed by atoms with Crippen LogP contribution >= 0.6 is 15.9 Å². The molecule has 0 amide bonds. The van der Waals surface area contributed by atoms with Crippen LogP contribution in [0.15, 0.2) is 21.0 Å². The Morgan fingerprint density at radius 2 is 1.85 bits per heavy atom. The molecule has 0 aliphatic heterocycles. The van der Waals surface area contributed by atoms with Crippen LogP contribution in [0, 0.1) is 20.8 Å². The molecular weight excluding hydrogens is 228 g/mol. The van der Waals surface area contributed by atoms with Crippen LogP contribution in [0.4, 0.5) is 0 Å². The van der Waals surface area contributed by atoms with Crippen molar-refractivity contribution in [2.45, 2.75) is 20.8 Å². The summed E-state index contributed by atoms with van der Waals surface area (Å²) in [6.07, 6.45) is 0. The molecule has 0 saturated carbocycles. The summed E-state index contributed by atoms with van der Waals surface area (Å²) < 4.78 is 6.75. The molecule has 0 unspecified atom stereocenters. The van der Waals surface area contributed by atoms with Gasteiger partial charge in [0.15, 0.2) is 0 Å². The van der Waals surface area contributed by atoms with Crippen molar-refractivity contribution in [1.29, 1.82) is 0 Å². The van der Waals surface area contributed by atoms with Crippen LogP contribution in [-0.4, -0.2) is 0 Å². The second-order valence-corrected chi connectivity index (χ2v) is 4.20. The number of hydrogen-bond acceptors (Lipinski definition) is 1. The van der Waals surface area contributed by atoms with Crippen LogP contribution < -0.4 is 0 Å². The Morgan fingerprint density at radius 1 is 1.15 bits per heavy atom. The highest BCUT2D eigenvalue weighted by Crippen LogP contribution is 2.30. The summed E-state index contributed by atoms with van der Waals surface area (Å²) in [6.45, 7) is 6.14. The van der Waals surface area contributed by atoms with Gasteiger partial charge in [0.25, 0.3) is 0 Å². The van der Waals surface area contributed by atoms with Crippen LogP contribution in [0.3, 0.4) is 0 Å². The fourth-order valence-electron chi connectivity index (χ4n) is 1.63. The fraction of sp³-hybridized carbons (Fsp3) is 0.273. The van der Waals surface area contributed by atoms with E-state index in [1.807, 2.05) is 6.92 Å². The zero-order chi connectivity index (χ0) is 9.59. The average Bonchev–Trinajstić information content (AvgIpc) is 2.42. The van der Waals surface area contributed by atoms with Crippen LogP contribution in [0.25, 0.3) is 11.0 Å². The number of halogens is 1. The van der Waals surface area contributed by atoms with E-state index in [2.05, 4.69) is 41.9 Å². The van der Waals surface area contributed by atoms with Crippen molar-refractivity contribution < 1.29 is 4.42 Å². The van der Waals surface area contributed by atoms with Gasteiger partial charge in [-0.15, -0.1) is 0 Å². The van der Waals surface area contributed by atoms with Gasteiger partial charge in [-0.2, -0.15) is 0 Å². The first kappa shape index (κ1) is 8.82. The number of fused-ring (bicyclic) bond motifs is 1. The lowest BCUT2D eigenvalue weighted by Crippen LogP contribution is -1.81. The molecule has 0 aliphatic carbocycles. The average molecular weight is 239 g/mol. The van der Waals surface area contributed by atoms with Crippen molar-refractivity contribution in [1.82, 2.24) is 0 Å². The largest absolute Gasteiger partial charge is 0.461 e. The van der Waals surface area contributed by atoms with E-state index in [-0.39, 0.29) is 0 Å². The van der Waals surface area contributed by atoms with Crippen molar-refractivity contribution >= 4 is 26.9 Å². The summed E-state index contributed by atoms with van der Waals surface area (Å²) in [6, 6.07) is 4.21. The molecule has 2 aromatic rings. The third-order valence-corrected chi connectivity index (χ3v) is 3.49. The Morgan fingerprint density at radius 3 is 2.54 bits per heavy atom. The number of hydrogen-bond donors (Lipinski definition) is 0. The van der Waals surface area contributed by atoms with Crippen LogP contribution in [-0.2, 0) is 0 Å². The predicted molar refractivity (Wildman–Crippen MR) is 58.1 cm³/mol. The van der Waals surface area contributed by atoms with E-state index in [9.17, 15) is 0 Å². The molecule has 1 aromatic carbocycles. The molecule has 0 aliphatic rings. The third-order valence-electron chi connectivity index (χ3n) is 2.27. The minimum Gasteiger partial charge on any atom is -0.461 e. The van der Waals surface area contributed by atoms with E-state index in [0.29, 0.717) is 0 Å². The monoisotopic (exact) mass is 238 g/mol. The second kappa shape index (κ2) is 2.88. The molecule has 2 heteroatoms. The maximum absolute atomic E-state index is 5.60. The first-order valence-corrected chi connectivity index (χ1v) is 5.04. The molecule has 1 heterocycles. The summed E-state index contributed by atoms with van der Waals surface area (Å²) in [4.78, 5) is 0. The number of aryl methyl sites for hydroxylation is 3. The van der Waals surface area contributed by atoms with Crippen LogP contribution in [0.1, 0.15) is 16.9 Å². The minimum absolute atomic E-state index is 0.968. The van der Waals surface area contributed by atoms with Gasteiger partial charge in [0, 0.05) is 15.4 Å². The van der Waals surface area contributed by atoms with Crippen molar-refractivity contribution in [2.75, 3.05) is 0 Å². The lowest BCUT2D eigenvalue weighted by Gasteiger charge is -2.02. The molecule has 1 aromatic heterocycles. The first-order valence-electron chi connectivity index (χ1n) is 4.25. The van der Waals surface area contributed by atoms with E-state index < -0.39 is 0 Å². The Bertz CT molecular complexity index is 468. The van der Waals surface area contributed by atoms with Gasteiger partial charge in [-0.1, -0.05) is 15.9 Å². The standard InChI is InChI=1S/C11H11BrO/c1-6-4-9-5-7(2)13-11(9)8(3)10(6)12/h4-5H,1-3H3. The van der Waals surface area contributed by atoms with Gasteiger partial charge in [-0.25, -0.2) is 0 Å². The summed E-state index contributed by atoms with van der Waals surface area (Å²) in [7, 11) is 0. The number of benzene rings is 1. The van der Waals surface area contributed by atoms with E-state index in [1.54, 1.807) is 0 Å². The Labute approximate surface area is 85.9 Å².